The van der Waals surface area contributed by atoms with Gasteiger partial charge in [0.1, 0.15) is 5.75 Å². The number of phenols is 1. The maximum Gasteiger partial charge on any atom is 0.238 e. The molecule has 0 bridgehead atoms. The Morgan fingerprint density at radius 2 is 1.96 bits per heavy atom. The first-order valence-electron chi connectivity index (χ1n) is 7.10. The highest BCUT2D eigenvalue weighted by atomic mass is 16.3. The van der Waals surface area contributed by atoms with E-state index < -0.39 is 0 Å². The average Bonchev–Trinajstić information content (AvgIpc) is 3.07. The lowest BCUT2D eigenvalue weighted by Gasteiger charge is -2.07. The summed E-state index contributed by atoms with van der Waals surface area (Å²) in [4.78, 5) is 11.4. The van der Waals surface area contributed by atoms with Crippen molar-refractivity contribution in [3.63, 3.8) is 0 Å². The summed E-state index contributed by atoms with van der Waals surface area (Å²) in [7, 11) is 0. The molecule has 0 aliphatic heterocycles. The third kappa shape index (κ3) is 3.07. The predicted octanol–water partition coefficient (Wildman–Crippen LogP) is 1.98. The van der Waals surface area contributed by atoms with Crippen LogP contribution in [0.5, 0.6) is 5.75 Å². The Morgan fingerprint density at radius 3 is 2.70 bits per heavy atom. The molecular weight excluding hydrogens is 292 g/mol. The summed E-state index contributed by atoms with van der Waals surface area (Å²) < 4.78 is 0. The Morgan fingerprint density at radius 1 is 1.17 bits per heavy atom. The van der Waals surface area contributed by atoms with Gasteiger partial charge in [0.2, 0.25) is 5.91 Å². The van der Waals surface area contributed by atoms with Crippen LogP contribution in [0.15, 0.2) is 54.6 Å². The van der Waals surface area contributed by atoms with Crippen LogP contribution in [-0.4, -0.2) is 21.2 Å². The molecule has 2 aromatic carbocycles. The Labute approximate surface area is 132 Å². The van der Waals surface area contributed by atoms with Crippen LogP contribution >= 0.6 is 0 Å². The van der Waals surface area contributed by atoms with Crippen LogP contribution in [0.1, 0.15) is 5.56 Å². The summed E-state index contributed by atoms with van der Waals surface area (Å²) in [5, 5.41) is 17.6. The third-order valence-electron chi connectivity index (χ3n) is 3.57. The summed E-state index contributed by atoms with van der Waals surface area (Å²) in [6, 6.07) is 16.8. The minimum absolute atomic E-state index is 0.00977. The van der Waals surface area contributed by atoms with Crippen molar-refractivity contribution in [3.8, 4) is 28.3 Å². The number of nitrogens with two attached hydrogens (primary N) is 1. The maximum atomic E-state index is 11.4. The van der Waals surface area contributed by atoms with Crippen molar-refractivity contribution in [2.75, 3.05) is 0 Å². The Balaban J connectivity index is 1.95. The molecule has 3 aromatic rings. The lowest BCUT2D eigenvalue weighted by Crippen LogP contribution is -2.31. The molecule has 0 aliphatic rings. The highest BCUT2D eigenvalue weighted by Crippen LogP contribution is 2.33. The number of rotatable bonds is 4. The zero-order chi connectivity index (χ0) is 16.2. The molecule has 23 heavy (non-hydrogen) atoms. The standard InChI is InChI=1S/C17H16N4O2/c18-19-16(22)9-12-7-4-8-13(17(12)23)15-10-14(20-21-15)11-5-2-1-3-6-11/h1-8,10,23H,9,18H2,(H,19,22)(H,20,21). The topological polar surface area (TPSA) is 104 Å². The molecule has 0 fully saturated rings. The number of nitrogens with zero attached hydrogens (tertiary/aromatic N) is 1. The molecule has 0 saturated carbocycles. The molecule has 0 radical (unpaired) electrons. The van der Waals surface area contributed by atoms with Gasteiger partial charge >= 0.3 is 0 Å². The minimum atomic E-state index is -0.368. The number of amides is 1. The summed E-state index contributed by atoms with van der Waals surface area (Å²) in [6.07, 6.45) is 0.00977. The fraction of sp³-hybridized carbons (Fsp3) is 0.0588. The highest BCUT2D eigenvalue weighted by Gasteiger charge is 2.14. The lowest BCUT2D eigenvalue weighted by atomic mass is 10.0. The first kappa shape index (κ1) is 14.8. The van der Waals surface area contributed by atoms with Crippen molar-refractivity contribution in [1.82, 2.24) is 15.6 Å². The predicted molar refractivity (Wildman–Crippen MR) is 87.2 cm³/mol. The molecule has 0 unspecified atom stereocenters. The van der Waals surface area contributed by atoms with E-state index >= 15 is 0 Å². The van der Waals surface area contributed by atoms with Gasteiger partial charge in [0, 0.05) is 16.7 Å². The molecule has 1 heterocycles. The molecule has 0 aliphatic carbocycles. The van der Waals surface area contributed by atoms with E-state index in [9.17, 15) is 9.90 Å². The van der Waals surface area contributed by atoms with Crippen molar-refractivity contribution in [2.45, 2.75) is 6.42 Å². The van der Waals surface area contributed by atoms with Gasteiger partial charge in [-0.15, -0.1) is 0 Å². The molecule has 116 valence electrons. The molecule has 5 N–H and O–H groups in total. The average molecular weight is 308 g/mol. The molecule has 1 amide bonds. The number of carbonyl (C=O) groups excluding carboxylic acids is 1. The molecular formula is C17H16N4O2. The number of nitrogens with one attached hydrogen (secondary N) is 2. The van der Waals surface area contributed by atoms with Crippen molar-refractivity contribution >= 4 is 5.91 Å². The molecule has 1 aromatic heterocycles. The van der Waals surface area contributed by atoms with Crippen molar-refractivity contribution in [1.29, 1.82) is 0 Å². The van der Waals surface area contributed by atoms with E-state index in [0.29, 0.717) is 16.8 Å². The van der Waals surface area contributed by atoms with E-state index in [0.717, 1.165) is 11.3 Å². The molecule has 6 nitrogen and oxygen atoms in total. The second-order valence-electron chi connectivity index (χ2n) is 5.09. The number of hydrogen-bond donors (Lipinski definition) is 4. The van der Waals surface area contributed by atoms with Crippen LogP contribution in [0, 0.1) is 0 Å². The van der Waals surface area contributed by atoms with Gasteiger partial charge in [-0.1, -0.05) is 42.5 Å². The van der Waals surface area contributed by atoms with Gasteiger partial charge in [0.15, 0.2) is 0 Å². The van der Waals surface area contributed by atoms with Gasteiger partial charge in [-0.3, -0.25) is 15.3 Å². The number of carbonyl (C=O) groups is 1. The molecule has 3 rings (SSSR count). The second-order valence-corrected chi connectivity index (χ2v) is 5.09. The van der Waals surface area contributed by atoms with E-state index in [-0.39, 0.29) is 18.1 Å². The molecule has 0 atom stereocenters. The molecule has 0 saturated heterocycles. The number of hydrazine groups is 1. The van der Waals surface area contributed by atoms with Crippen LogP contribution in [0.3, 0.4) is 0 Å². The largest absolute Gasteiger partial charge is 0.507 e. The van der Waals surface area contributed by atoms with E-state index in [1.807, 2.05) is 36.4 Å². The van der Waals surface area contributed by atoms with Gasteiger partial charge in [-0.05, 0) is 12.1 Å². The smallest absolute Gasteiger partial charge is 0.238 e. The van der Waals surface area contributed by atoms with Crippen LogP contribution < -0.4 is 11.3 Å². The molecule has 6 heteroatoms. The van der Waals surface area contributed by atoms with Gasteiger partial charge in [0.05, 0.1) is 17.8 Å². The number of aromatic nitrogens is 2. The number of para-hydroxylation sites is 1. The zero-order valence-electron chi connectivity index (χ0n) is 12.3. The number of aromatic amines is 1. The first-order valence-corrected chi connectivity index (χ1v) is 7.10. The van der Waals surface area contributed by atoms with Gasteiger partial charge in [-0.2, -0.15) is 5.10 Å². The number of H-pyrrole nitrogens is 1. The Hall–Kier alpha value is -3.12. The van der Waals surface area contributed by atoms with E-state index in [2.05, 4.69) is 15.6 Å². The van der Waals surface area contributed by atoms with Crippen molar-refractivity contribution in [2.24, 2.45) is 5.84 Å². The number of phenolic OH excluding ortho intramolecular Hbond substituents is 1. The summed E-state index contributed by atoms with van der Waals surface area (Å²) in [6.45, 7) is 0. The fourth-order valence-corrected chi connectivity index (χ4v) is 2.39. The van der Waals surface area contributed by atoms with Crippen LogP contribution in [0.25, 0.3) is 22.5 Å². The third-order valence-corrected chi connectivity index (χ3v) is 3.57. The monoisotopic (exact) mass is 308 g/mol. The summed E-state index contributed by atoms with van der Waals surface area (Å²) >= 11 is 0. The van der Waals surface area contributed by atoms with Crippen LogP contribution in [0.2, 0.25) is 0 Å². The SMILES string of the molecule is NNC(=O)Cc1cccc(-c2cc(-c3ccccc3)n[nH]2)c1O. The van der Waals surface area contributed by atoms with Crippen molar-refractivity contribution in [3.05, 3.63) is 60.2 Å². The second kappa shape index (κ2) is 6.33. The lowest BCUT2D eigenvalue weighted by molar-refractivity contribution is -0.120. The Kier molecular flexibility index (Phi) is 4.07. The molecule has 0 spiro atoms. The van der Waals surface area contributed by atoms with Gasteiger partial charge in [0.25, 0.3) is 0 Å². The number of hydrogen-bond acceptors (Lipinski definition) is 4. The fourth-order valence-electron chi connectivity index (χ4n) is 2.39. The number of aromatic hydroxyl groups is 1. The summed E-state index contributed by atoms with van der Waals surface area (Å²) in [5.41, 5.74) is 5.58. The normalized spacial score (nSPS) is 10.5. The maximum absolute atomic E-state index is 11.4. The van der Waals surface area contributed by atoms with Gasteiger partial charge < -0.3 is 5.11 Å². The van der Waals surface area contributed by atoms with E-state index in [1.54, 1.807) is 18.2 Å². The van der Waals surface area contributed by atoms with E-state index in [1.165, 1.54) is 0 Å². The highest BCUT2D eigenvalue weighted by molar-refractivity contribution is 5.81. The van der Waals surface area contributed by atoms with Crippen LogP contribution in [-0.2, 0) is 11.2 Å². The first-order chi connectivity index (χ1) is 11.2. The summed E-state index contributed by atoms with van der Waals surface area (Å²) in [5.74, 6) is 4.76. The van der Waals surface area contributed by atoms with Crippen LogP contribution in [0.4, 0.5) is 0 Å². The zero-order valence-corrected chi connectivity index (χ0v) is 12.3. The van der Waals surface area contributed by atoms with E-state index in [4.69, 9.17) is 5.84 Å². The quantitative estimate of drug-likeness (QED) is 0.336. The Bertz CT molecular complexity index is 828. The minimum Gasteiger partial charge on any atom is -0.507 e. The number of benzene rings is 2. The van der Waals surface area contributed by atoms with Gasteiger partial charge in [-0.25, -0.2) is 5.84 Å². The van der Waals surface area contributed by atoms with Crippen molar-refractivity contribution < 1.29 is 9.90 Å².